The van der Waals surface area contributed by atoms with Crippen molar-refractivity contribution in [1.82, 2.24) is 4.31 Å². The van der Waals surface area contributed by atoms with Crippen LogP contribution in [0.4, 0.5) is 0 Å². The fourth-order valence-electron chi connectivity index (χ4n) is 0.991. The molecule has 0 aromatic carbocycles. The first-order valence-corrected chi connectivity index (χ1v) is 5.33. The van der Waals surface area contributed by atoms with Crippen molar-refractivity contribution in [3.8, 4) is 0 Å². The van der Waals surface area contributed by atoms with Crippen LogP contribution in [0.3, 0.4) is 0 Å². The van der Waals surface area contributed by atoms with Crippen LogP contribution in [0.1, 0.15) is 34.6 Å². The van der Waals surface area contributed by atoms with Crippen LogP contribution in [-0.2, 0) is 0 Å². The summed E-state index contributed by atoms with van der Waals surface area (Å²) in [5.41, 5.74) is 0.209. The molecule has 0 rings (SSSR count). The van der Waals surface area contributed by atoms with E-state index in [9.17, 15) is 0 Å². The molecule has 1 nitrogen and oxygen atoms in total. The summed E-state index contributed by atoms with van der Waals surface area (Å²) in [6.07, 6.45) is 0. The molecule has 0 radical (unpaired) electrons. The van der Waals surface area contributed by atoms with Gasteiger partial charge in [-0.3, -0.25) is 0 Å². The molecule has 0 aromatic heterocycles. The highest BCUT2D eigenvalue weighted by Gasteiger charge is 2.23. The summed E-state index contributed by atoms with van der Waals surface area (Å²) in [7, 11) is 1.51. The fourth-order valence-corrected chi connectivity index (χ4v) is 2.73. The molecule has 0 aliphatic rings. The molecule has 0 aliphatic heterocycles. The zero-order chi connectivity index (χ0) is 8.36. The zero-order valence-corrected chi connectivity index (χ0v) is 9.09. The van der Waals surface area contributed by atoms with Gasteiger partial charge in [-0.05, 0) is 45.6 Å². The summed E-state index contributed by atoms with van der Waals surface area (Å²) >= 11 is 4.19. The van der Waals surface area contributed by atoms with Crippen LogP contribution < -0.4 is 0 Å². The molecule has 0 saturated heterocycles. The van der Waals surface area contributed by atoms with Crippen molar-refractivity contribution in [2.75, 3.05) is 0 Å². The Morgan fingerprint density at radius 1 is 1.30 bits per heavy atom. The van der Waals surface area contributed by atoms with Crippen molar-refractivity contribution in [3.63, 3.8) is 0 Å². The smallest absolute Gasteiger partial charge is 0.0239 e. The van der Waals surface area contributed by atoms with Gasteiger partial charge in [0.15, 0.2) is 0 Å². The van der Waals surface area contributed by atoms with Gasteiger partial charge in [0.1, 0.15) is 0 Å². The van der Waals surface area contributed by atoms with Crippen LogP contribution >= 0.6 is 22.6 Å². The molecule has 0 aromatic rings. The molecule has 10 heavy (non-hydrogen) atoms. The predicted molar refractivity (Wildman–Crippen MR) is 53.3 cm³/mol. The maximum Gasteiger partial charge on any atom is 0.0239 e. The Kier molecular flexibility index (Phi) is 4.14. The third kappa shape index (κ3) is 3.17. The number of thiol groups is 1. The lowest BCUT2D eigenvalue weighted by atomic mass is 10.1. The lowest BCUT2D eigenvalue weighted by Gasteiger charge is -2.35. The molecule has 0 aliphatic carbocycles. The third-order valence-electron chi connectivity index (χ3n) is 1.22. The van der Waals surface area contributed by atoms with Gasteiger partial charge >= 0.3 is 0 Å². The van der Waals surface area contributed by atoms with Gasteiger partial charge in [0.25, 0.3) is 0 Å². The van der Waals surface area contributed by atoms with E-state index in [1.165, 1.54) is 11.0 Å². The average molecular weight is 179 g/mol. The first-order chi connectivity index (χ1) is 4.39. The second-order valence-corrected chi connectivity index (χ2v) is 4.72. The van der Waals surface area contributed by atoms with Crippen molar-refractivity contribution in [2.45, 2.75) is 46.2 Å². The van der Waals surface area contributed by atoms with E-state index in [4.69, 9.17) is 0 Å². The third-order valence-corrected chi connectivity index (χ3v) is 2.89. The fraction of sp³-hybridized carbons (Fsp3) is 1.00. The number of hydrogen-bond acceptors (Lipinski definition) is 3. The van der Waals surface area contributed by atoms with Gasteiger partial charge in [0.2, 0.25) is 0 Å². The van der Waals surface area contributed by atoms with E-state index >= 15 is 0 Å². The van der Waals surface area contributed by atoms with E-state index in [2.05, 4.69) is 50.6 Å². The minimum absolute atomic E-state index is 0.209. The molecule has 0 amide bonds. The van der Waals surface area contributed by atoms with Crippen LogP contribution in [0.5, 0.6) is 0 Å². The van der Waals surface area contributed by atoms with Gasteiger partial charge < -0.3 is 0 Å². The summed E-state index contributed by atoms with van der Waals surface area (Å²) in [5, 5.41) is 0. The van der Waals surface area contributed by atoms with Crippen LogP contribution in [0.15, 0.2) is 0 Å². The lowest BCUT2D eigenvalue weighted by Crippen LogP contribution is -2.39. The molecule has 0 atom stereocenters. The molecule has 0 bridgehead atoms. The first kappa shape index (κ1) is 10.7. The van der Waals surface area contributed by atoms with E-state index in [1.54, 1.807) is 0 Å². The number of nitrogens with zero attached hydrogens (tertiary/aromatic N) is 1. The molecule has 0 heterocycles. The summed E-state index contributed by atoms with van der Waals surface area (Å²) in [5.74, 6) is 0. The maximum atomic E-state index is 4.19. The van der Waals surface area contributed by atoms with E-state index < -0.39 is 0 Å². The van der Waals surface area contributed by atoms with E-state index in [-0.39, 0.29) is 5.54 Å². The lowest BCUT2D eigenvalue weighted by molar-refractivity contribution is 0.234. The van der Waals surface area contributed by atoms with Gasteiger partial charge in [0, 0.05) is 11.6 Å². The van der Waals surface area contributed by atoms with Crippen molar-refractivity contribution in [2.24, 2.45) is 0 Å². The summed E-state index contributed by atoms with van der Waals surface area (Å²) in [4.78, 5) is 0. The largest absolute Gasteiger partial charge is 0.234 e. The van der Waals surface area contributed by atoms with Gasteiger partial charge in [0.05, 0.1) is 0 Å². The Bertz CT molecular complexity index is 96.3. The first-order valence-electron chi connectivity index (χ1n) is 3.50. The van der Waals surface area contributed by atoms with Crippen LogP contribution in [0, 0.1) is 0 Å². The van der Waals surface area contributed by atoms with Gasteiger partial charge in [-0.15, -0.1) is 0 Å². The highest BCUT2D eigenvalue weighted by molar-refractivity contribution is 8.67. The zero-order valence-electron chi connectivity index (χ0n) is 7.38. The molecule has 0 spiro atoms. The maximum absolute atomic E-state index is 4.19. The minimum atomic E-state index is 0.209. The SMILES string of the molecule is CC(C)N(SS)C(C)(C)C. The topological polar surface area (TPSA) is 3.24 Å². The van der Waals surface area contributed by atoms with Crippen molar-refractivity contribution in [3.05, 3.63) is 0 Å². The van der Waals surface area contributed by atoms with Crippen LogP contribution in [-0.4, -0.2) is 15.9 Å². The van der Waals surface area contributed by atoms with E-state index in [0.717, 1.165) is 0 Å². The number of rotatable bonds is 2. The summed E-state index contributed by atoms with van der Waals surface area (Å²) < 4.78 is 2.26. The predicted octanol–water partition coefficient (Wildman–Crippen LogP) is 2.99. The summed E-state index contributed by atoms with van der Waals surface area (Å²) in [6.45, 7) is 10.9. The minimum Gasteiger partial charge on any atom is -0.234 e. The van der Waals surface area contributed by atoms with Crippen LogP contribution in [0.2, 0.25) is 0 Å². The van der Waals surface area contributed by atoms with Gasteiger partial charge in [-0.1, -0.05) is 11.7 Å². The molecule has 62 valence electrons. The Hall–Kier alpha value is 0.660. The Morgan fingerprint density at radius 3 is 1.70 bits per heavy atom. The molecular weight excluding hydrogens is 162 g/mol. The summed E-state index contributed by atoms with van der Waals surface area (Å²) in [6, 6.07) is 0.544. The highest BCUT2D eigenvalue weighted by atomic mass is 33.1. The molecule has 0 fully saturated rings. The van der Waals surface area contributed by atoms with Crippen molar-refractivity contribution < 1.29 is 0 Å². The molecule has 3 heteroatoms. The average Bonchev–Trinajstić information content (AvgIpc) is 1.60. The standard InChI is InChI=1S/C7H17NS2/c1-6(2)8(10-9)7(3,4)5/h6,9H,1-5H3. The van der Waals surface area contributed by atoms with E-state index in [1.807, 2.05) is 0 Å². The van der Waals surface area contributed by atoms with Crippen LogP contribution in [0.25, 0.3) is 0 Å². The Morgan fingerprint density at radius 2 is 1.70 bits per heavy atom. The molecular formula is C7H17NS2. The highest BCUT2D eigenvalue weighted by Crippen LogP contribution is 2.27. The van der Waals surface area contributed by atoms with Crippen molar-refractivity contribution >= 4 is 22.6 Å². The van der Waals surface area contributed by atoms with Gasteiger partial charge in [-0.25, -0.2) is 4.31 Å². The second-order valence-electron chi connectivity index (χ2n) is 3.67. The Labute approximate surface area is 73.5 Å². The van der Waals surface area contributed by atoms with Crippen molar-refractivity contribution in [1.29, 1.82) is 0 Å². The molecule has 0 unspecified atom stereocenters. The van der Waals surface area contributed by atoms with E-state index in [0.29, 0.717) is 6.04 Å². The number of hydrogen-bond donors (Lipinski definition) is 1. The molecule has 0 saturated carbocycles. The molecule has 0 N–H and O–H groups in total. The monoisotopic (exact) mass is 179 g/mol. The Balaban J connectivity index is 4.07. The second kappa shape index (κ2) is 3.88. The quantitative estimate of drug-likeness (QED) is 0.394. The normalized spacial score (nSPS) is 13.2. The van der Waals surface area contributed by atoms with Gasteiger partial charge in [-0.2, -0.15) is 0 Å².